The van der Waals surface area contributed by atoms with Crippen molar-refractivity contribution in [2.75, 3.05) is 26.8 Å². The van der Waals surface area contributed by atoms with Gasteiger partial charge in [0.15, 0.2) is 0 Å². The Kier molecular flexibility index (Phi) is 5.39. The van der Waals surface area contributed by atoms with Gasteiger partial charge in [-0.05, 0) is 18.6 Å². The fourth-order valence-electron chi connectivity index (χ4n) is 2.07. The minimum Gasteiger partial charge on any atom is -0.385 e. The van der Waals surface area contributed by atoms with Gasteiger partial charge in [-0.25, -0.2) is 0 Å². The third-order valence-electron chi connectivity index (χ3n) is 3.16. The second-order valence-corrected chi connectivity index (χ2v) is 5.52. The Morgan fingerprint density at radius 3 is 2.23 bits per heavy atom. The first-order valence-electron chi connectivity index (χ1n) is 6.56. The van der Waals surface area contributed by atoms with Crippen molar-refractivity contribution >= 4 is 40.9 Å². The van der Waals surface area contributed by atoms with E-state index in [2.05, 4.69) is 5.32 Å². The molecule has 3 amide bonds. The molecule has 0 saturated carbocycles. The van der Waals surface area contributed by atoms with E-state index in [0.29, 0.717) is 19.6 Å². The average Bonchev–Trinajstić information content (AvgIpc) is 2.70. The van der Waals surface area contributed by atoms with Crippen LogP contribution in [0.15, 0.2) is 12.1 Å². The minimum absolute atomic E-state index is 0.159. The summed E-state index contributed by atoms with van der Waals surface area (Å²) >= 11 is 11.7. The van der Waals surface area contributed by atoms with E-state index < -0.39 is 17.7 Å². The Hall–Kier alpha value is -1.63. The molecular formula is C14H14Cl2N2O4. The third-order valence-corrected chi connectivity index (χ3v) is 3.88. The number of nitrogens with one attached hydrogen (secondary N) is 1. The molecule has 0 aromatic heterocycles. The Morgan fingerprint density at radius 2 is 1.73 bits per heavy atom. The monoisotopic (exact) mass is 344 g/mol. The molecular weight excluding hydrogens is 331 g/mol. The van der Waals surface area contributed by atoms with E-state index in [1.807, 2.05) is 0 Å². The molecule has 0 bridgehead atoms. The Bertz CT molecular complexity index is 593. The average molecular weight is 345 g/mol. The lowest BCUT2D eigenvalue weighted by Gasteiger charge is -2.13. The van der Waals surface area contributed by atoms with Crippen molar-refractivity contribution in [3.05, 3.63) is 33.3 Å². The topological polar surface area (TPSA) is 75.7 Å². The molecule has 1 N–H and O–H groups in total. The fraction of sp³-hybridized carbons (Fsp3) is 0.357. The normalized spacial score (nSPS) is 13.5. The third kappa shape index (κ3) is 3.40. The molecule has 118 valence electrons. The van der Waals surface area contributed by atoms with Crippen molar-refractivity contribution in [3.8, 4) is 0 Å². The Balaban J connectivity index is 2.04. The van der Waals surface area contributed by atoms with E-state index in [-0.39, 0.29) is 27.7 Å². The molecule has 0 unspecified atom stereocenters. The van der Waals surface area contributed by atoms with E-state index >= 15 is 0 Å². The van der Waals surface area contributed by atoms with Gasteiger partial charge in [0.1, 0.15) is 6.54 Å². The first kappa shape index (κ1) is 16.7. The molecule has 0 atom stereocenters. The summed E-state index contributed by atoms with van der Waals surface area (Å²) in [4.78, 5) is 37.0. The summed E-state index contributed by atoms with van der Waals surface area (Å²) in [6, 6.07) is 2.69. The molecule has 1 aliphatic rings. The highest BCUT2D eigenvalue weighted by molar-refractivity contribution is 6.43. The maximum atomic E-state index is 12.2. The smallest absolute Gasteiger partial charge is 0.262 e. The van der Waals surface area contributed by atoms with E-state index in [9.17, 15) is 14.4 Å². The summed E-state index contributed by atoms with van der Waals surface area (Å²) in [5.41, 5.74) is 0.318. The van der Waals surface area contributed by atoms with Crippen LogP contribution in [-0.4, -0.2) is 49.4 Å². The van der Waals surface area contributed by atoms with Crippen LogP contribution in [0.4, 0.5) is 0 Å². The molecule has 6 nitrogen and oxygen atoms in total. The maximum absolute atomic E-state index is 12.2. The van der Waals surface area contributed by atoms with Gasteiger partial charge in [0.2, 0.25) is 5.91 Å². The standard InChI is InChI=1S/C14H14Cl2N2O4/c1-22-4-2-3-17-12(19)7-18-13(20)8-5-10(15)11(16)6-9(8)14(18)21/h5-6H,2-4,7H2,1H3,(H,17,19). The summed E-state index contributed by atoms with van der Waals surface area (Å²) in [6.45, 7) is 0.590. The molecule has 0 aliphatic carbocycles. The lowest BCUT2D eigenvalue weighted by molar-refractivity contribution is -0.121. The van der Waals surface area contributed by atoms with Crippen molar-refractivity contribution in [1.29, 1.82) is 0 Å². The second-order valence-electron chi connectivity index (χ2n) is 4.70. The molecule has 2 rings (SSSR count). The largest absolute Gasteiger partial charge is 0.385 e. The number of carbonyl (C=O) groups is 3. The van der Waals surface area contributed by atoms with Crippen LogP contribution in [0.25, 0.3) is 0 Å². The van der Waals surface area contributed by atoms with Gasteiger partial charge in [-0.2, -0.15) is 0 Å². The lowest BCUT2D eigenvalue weighted by atomic mass is 10.1. The van der Waals surface area contributed by atoms with Crippen molar-refractivity contribution in [1.82, 2.24) is 10.2 Å². The number of amides is 3. The quantitative estimate of drug-likeness (QED) is 0.630. The van der Waals surface area contributed by atoms with Gasteiger partial charge in [-0.1, -0.05) is 23.2 Å². The second kappa shape index (κ2) is 7.09. The first-order chi connectivity index (χ1) is 10.5. The van der Waals surface area contributed by atoms with Crippen LogP contribution in [0.2, 0.25) is 10.0 Å². The maximum Gasteiger partial charge on any atom is 0.262 e. The van der Waals surface area contributed by atoms with Crippen molar-refractivity contribution in [2.24, 2.45) is 0 Å². The van der Waals surface area contributed by atoms with Crippen LogP contribution in [0, 0.1) is 0 Å². The molecule has 0 radical (unpaired) electrons. The molecule has 1 aromatic carbocycles. The molecule has 1 aromatic rings. The highest BCUT2D eigenvalue weighted by atomic mass is 35.5. The van der Waals surface area contributed by atoms with Gasteiger partial charge < -0.3 is 10.1 Å². The number of benzene rings is 1. The van der Waals surface area contributed by atoms with Gasteiger partial charge in [-0.3, -0.25) is 19.3 Å². The number of imide groups is 1. The van der Waals surface area contributed by atoms with Crippen molar-refractivity contribution in [3.63, 3.8) is 0 Å². The molecule has 0 fully saturated rings. The summed E-state index contributed by atoms with van der Waals surface area (Å²) in [5.74, 6) is -1.51. The Labute approximate surface area is 137 Å². The van der Waals surface area contributed by atoms with Crippen molar-refractivity contribution < 1.29 is 19.1 Å². The summed E-state index contributed by atoms with van der Waals surface area (Å²) in [5, 5.41) is 2.99. The van der Waals surface area contributed by atoms with Crippen LogP contribution in [-0.2, 0) is 9.53 Å². The number of ether oxygens (including phenoxy) is 1. The minimum atomic E-state index is -0.550. The van der Waals surface area contributed by atoms with Gasteiger partial charge in [0, 0.05) is 20.3 Å². The number of hydrogen-bond acceptors (Lipinski definition) is 4. The van der Waals surface area contributed by atoms with Crippen LogP contribution >= 0.6 is 23.2 Å². The van der Waals surface area contributed by atoms with Gasteiger partial charge in [0.05, 0.1) is 21.2 Å². The predicted octanol–water partition coefficient (Wildman–Crippen LogP) is 1.74. The van der Waals surface area contributed by atoms with E-state index in [4.69, 9.17) is 27.9 Å². The number of methoxy groups -OCH3 is 1. The first-order valence-corrected chi connectivity index (χ1v) is 7.32. The zero-order valence-corrected chi connectivity index (χ0v) is 13.3. The number of nitrogens with zero attached hydrogens (tertiary/aromatic N) is 1. The van der Waals surface area contributed by atoms with Crippen LogP contribution in [0.5, 0.6) is 0 Å². The van der Waals surface area contributed by atoms with E-state index in [1.54, 1.807) is 7.11 Å². The number of halogens is 2. The van der Waals surface area contributed by atoms with Crippen LogP contribution < -0.4 is 5.32 Å². The predicted molar refractivity (Wildman–Crippen MR) is 81.3 cm³/mol. The number of carbonyl (C=O) groups excluding carboxylic acids is 3. The van der Waals surface area contributed by atoms with Crippen LogP contribution in [0.1, 0.15) is 27.1 Å². The molecule has 0 saturated heterocycles. The lowest BCUT2D eigenvalue weighted by Crippen LogP contribution is -2.40. The highest BCUT2D eigenvalue weighted by Gasteiger charge is 2.37. The zero-order chi connectivity index (χ0) is 16.3. The van der Waals surface area contributed by atoms with Gasteiger partial charge in [0.25, 0.3) is 11.8 Å². The molecule has 22 heavy (non-hydrogen) atoms. The number of rotatable bonds is 6. The summed E-state index contributed by atoms with van der Waals surface area (Å²) < 4.78 is 4.86. The van der Waals surface area contributed by atoms with Crippen molar-refractivity contribution in [2.45, 2.75) is 6.42 Å². The zero-order valence-electron chi connectivity index (χ0n) is 11.8. The molecule has 0 spiro atoms. The molecule has 1 heterocycles. The summed E-state index contributed by atoms with van der Waals surface area (Å²) in [6.07, 6.45) is 0.648. The fourth-order valence-corrected chi connectivity index (χ4v) is 2.40. The van der Waals surface area contributed by atoms with Gasteiger partial charge >= 0.3 is 0 Å². The highest BCUT2D eigenvalue weighted by Crippen LogP contribution is 2.31. The SMILES string of the molecule is COCCCNC(=O)CN1C(=O)c2cc(Cl)c(Cl)cc2C1=O. The van der Waals surface area contributed by atoms with E-state index in [1.165, 1.54) is 12.1 Å². The van der Waals surface area contributed by atoms with E-state index in [0.717, 1.165) is 4.90 Å². The number of fused-ring (bicyclic) bond motifs is 1. The number of hydrogen-bond donors (Lipinski definition) is 1. The van der Waals surface area contributed by atoms with Gasteiger partial charge in [-0.15, -0.1) is 0 Å². The Morgan fingerprint density at radius 1 is 1.18 bits per heavy atom. The molecule has 8 heteroatoms. The summed E-state index contributed by atoms with van der Waals surface area (Å²) in [7, 11) is 1.57. The van der Waals surface area contributed by atoms with Crippen LogP contribution in [0.3, 0.4) is 0 Å². The molecule has 1 aliphatic heterocycles.